The van der Waals surface area contributed by atoms with Gasteiger partial charge in [0, 0.05) is 19.3 Å². The maximum absolute atomic E-state index is 13.1. The molecule has 2 aliphatic rings. The summed E-state index contributed by atoms with van der Waals surface area (Å²) in [6.07, 6.45) is 4.56. The molecule has 2 aliphatic heterocycles. The number of allylic oxidation sites excluding steroid dienone is 3. The first kappa shape index (κ1) is 26.8. The molecule has 1 aromatic carbocycles. The van der Waals surface area contributed by atoms with E-state index >= 15 is 0 Å². The van der Waals surface area contributed by atoms with E-state index in [-0.39, 0.29) is 18.7 Å². The number of amides is 2. The minimum atomic E-state index is -4.60. The number of dihydropyridines is 1. The number of benzene rings is 1. The molecule has 0 fully saturated rings. The zero-order chi connectivity index (χ0) is 26.1. The Morgan fingerprint density at radius 1 is 1.28 bits per heavy atom. The maximum Gasteiger partial charge on any atom is 0.422 e. The molecule has 0 saturated heterocycles. The standard InChI is InChI=1S/C24H28F3N5O4/c1-3-4-9-28-29-13-18-6-5-7-21(30-18)31-22(33)19-11-17-14-32(23(34)36-15-24(25,26)27)10-8-16(17)12-20(19)35-2/h5-7,9,11-13,21,30H,3-4,8,10,14-15H2,1-2H3,(H,31,33)/b28-9+,29-13+. The van der Waals surface area contributed by atoms with Gasteiger partial charge in [-0.1, -0.05) is 19.4 Å². The third-order valence-corrected chi connectivity index (χ3v) is 5.35. The Hall–Kier alpha value is -3.83. The summed E-state index contributed by atoms with van der Waals surface area (Å²) in [5.41, 5.74) is 2.35. The van der Waals surface area contributed by atoms with Crippen molar-refractivity contribution in [2.24, 2.45) is 10.2 Å². The summed E-state index contributed by atoms with van der Waals surface area (Å²) < 4.78 is 46.9. The number of unbranched alkanes of at least 4 members (excludes halogenated alkanes) is 1. The van der Waals surface area contributed by atoms with Gasteiger partial charge >= 0.3 is 12.3 Å². The number of methoxy groups -OCH3 is 1. The van der Waals surface area contributed by atoms with Crippen LogP contribution < -0.4 is 15.4 Å². The summed E-state index contributed by atoms with van der Waals surface area (Å²) in [7, 11) is 1.44. The minimum absolute atomic E-state index is 0.0137. The second kappa shape index (κ2) is 12.2. The smallest absolute Gasteiger partial charge is 0.422 e. The van der Waals surface area contributed by atoms with Crippen molar-refractivity contribution >= 4 is 24.4 Å². The van der Waals surface area contributed by atoms with Gasteiger partial charge in [-0.3, -0.25) is 4.79 Å². The number of alkyl halides is 3. The van der Waals surface area contributed by atoms with Crippen LogP contribution in [0.4, 0.5) is 18.0 Å². The van der Waals surface area contributed by atoms with Gasteiger partial charge < -0.3 is 25.0 Å². The zero-order valence-electron chi connectivity index (χ0n) is 20.0. The number of nitrogens with one attached hydrogen (secondary N) is 2. The quantitative estimate of drug-likeness (QED) is 0.412. The molecule has 194 valence electrons. The third-order valence-electron chi connectivity index (χ3n) is 5.35. The molecular formula is C24H28F3N5O4. The molecule has 9 nitrogen and oxygen atoms in total. The van der Waals surface area contributed by atoms with Gasteiger partial charge in [0.1, 0.15) is 11.9 Å². The summed E-state index contributed by atoms with van der Waals surface area (Å²) >= 11 is 0. The van der Waals surface area contributed by atoms with Crippen molar-refractivity contribution in [1.82, 2.24) is 15.5 Å². The lowest BCUT2D eigenvalue weighted by molar-refractivity contribution is -0.162. The molecule has 2 N–H and O–H groups in total. The first-order valence-electron chi connectivity index (χ1n) is 11.4. The van der Waals surface area contributed by atoms with Crippen LogP contribution in [-0.2, 0) is 17.7 Å². The fourth-order valence-corrected chi connectivity index (χ4v) is 3.58. The van der Waals surface area contributed by atoms with E-state index in [1.54, 1.807) is 42.8 Å². The lowest BCUT2D eigenvalue weighted by atomic mass is 9.96. The van der Waals surface area contributed by atoms with Gasteiger partial charge in [0.15, 0.2) is 6.61 Å². The number of fused-ring (bicyclic) bond motifs is 1. The van der Waals surface area contributed by atoms with Crippen LogP contribution in [0.3, 0.4) is 0 Å². The predicted molar refractivity (Wildman–Crippen MR) is 128 cm³/mol. The van der Waals surface area contributed by atoms with E-state index in [1.807, 2.05) is 6.92 Å². The van der Waals surface area contributed by atoms with Crippen LogP contribution in [-0.4, -0.2) is 61.9 Å². The monoisotopic (exact) mass is 507 g/mol. The van der Waals surface area contributed by atoms with Crippen LogP contribution in [0.25, 0.3) is 0 Å². The third kappa shape index (κ3) is 7.59. The number of ether oxygens (including phenoxy) is 2. The molecule has 1 atom stereocenters. The number of carbonyl (C=O) groups excluding carboxylic acids is 2. The number of nitrogens with zero attached hydrogens (tertiary/aromatic N) is 3. The molecule has 2 heterocycles. The van der Waals surface area contributed by atoms with Crippen molar-refractivity contribution in [2.75, 3.05) is 20.3 Å². The van der Waals surface area contributed by atoms with Gasteiger partial charge in [0.2, 0.25) is 0 Å². The highest BCUT2D eigenvalue weighted by Gasteiger charge is 2.32. The molecule has 2 amide bonds. The van der Waals surface area contributed by atoms with Crippen molar-refractivity contribution in [3.8, 4) is 5.75 Å². The summed E-state index contributed by atoms with van der Waals surface area (Å²) in [6.45, 7) is 0.590. The Bertz CT molecular complexity index is 1080. The molecular weight excluding hydrogens is 479 g/mol. The van der Waals surface area contributed by atoms with Crippen LogP contribution in [0.2, 0.25) is 0 Å². The Morgan fingerprint density at radius 2 is 2.08 bits per heavy atom. The molecule has 0 saturated carbocycles. The maximum atomic E-state index is 13.1. The average Bonchev–Trinajstić information content (AvgIpc) is 2.85. The van der Waals surface area contributed by atoms with Gasteiger partial charge in [-0.05, 0) is 48.3 Å². The van der Waals surface area contributed by atoms with Crippen molar-refractivity contribution in [1.29, 1.82) is 0 Å². The number of hydrogen-bond donors (Lipinski definition) is 2. The van der Waals surface area contributed by atoms with Crippen LogP contribution in [0.5, 0.6) is 5.75 Å². The fraction of sp³-hybridized carbons (Fsp3) is 0.417. The van der Waals surface area contributed by atoms with Crippen LogP contribution in [0, 0.1) is 0 Å². The second-order valence-electron chi connectivity index (χ2n) is 8.10. The van der Waals surface area contributed by atoms with E-state index in [0.29, 0.717) is 23.4 Å². The van der Waals surface area contributed by atoms with Crippen molar-refractivity contribution < 1.29 is 32.2 Å². The van der Waals surface area contributed by atoms with E-state index < -0.39 is 30.9 Å². The van der Waals surface area contributed by atoms with E-state index in [2.05, 4.69) is 25.6 Å². The van der Waals surface area contributed by atoms with Crippen LogP contribution in [0.1, 0.15) is 41.3 Å². The summed E-state index contributed by atoms with van der Waals surface area (Å²) in [5.74, 6) is -0.0885. The van der Waals surface area contributed by atoms with E-state index in [1.165, 1.54) is 12.0 Å². The Morgan fingerprint density at radius 3 is 2.81 bits per heavy atom. The van der Waals surface area contributed by atoms with Gasteiger partial charge in [-0.15, -0.1) is 0 Å². The van der Waals surface area contributed by atoms with Gasteiger partial charge in [0.25, 0.3) is 5.91 Å². The van der Waals surface area contributed by atoms with Crippen molar-refractivity contribution in [3.05, 3.63) is 52.7 Å². The first-order chi connectivity index (χ1) is 17.2. The van der Waals surface area contributed by atoms with Gasteiger partial charge in [0.05, 0.1) is 24.6 Å². The van der Waals surface area contributed by atoms with Crippen LogP contribution in [0.15, 0.2) is 46.3 Å². The fourth-order valence-electron chi connectivity index (χ4n) is 3.58. The summed E-state index contributed by atoms with van der Waals surface area (Å²) in [6, 6.07) is 3.29. The number of carbonyl (C=O) groups is 2. The predicted octanol–water partition coefficient (Wildman–Crippen LogP) is 3.71. The van der Waals surface area contributed by atoms with Crippen molar-refractivity contribution in [2.45, 2.75) is 45.1 Å². The topological polar surface area (TPSA) is 105 Å². The number of halogens is 3. The molecule has 1 unspecified atom stereocenters. The lowest BCUT2D eigenvalue weighted by Crippen LogP contribution is -2.45. The average molecular weight is 508 g/mol. The van der Waals surface area contributed by atoms with E-state index in [4.69, 9.17) is 4.74 Å². The largest absolute Gasteiger partial charge is 0.496 e. The van der Waals surface area contributed by atoms with Crippen molar-refractivity contribution in [3.63, 3.8) is 0 Å². The highest BCUT2D eigenvalue weighted by atomic mass is 19.4. The lowest BCUT2D eigenvalue weighted by Gasteiger charge is -2.29. The normalized spacial score (nSPS) is 17.5. The highest BCUT2D eigenvalue weighted by Crippen LogP contribution is 2.29. The molecule has 1 aromatic rings. The molecule has 0 aliphatic carbocycles. The van der Waals surface area contributed by atoms with Crippen LogP contribution >= 0.6 is 0 Å². The Kier molecular flexibility index (Phi) is 9.09. The Balaban J connectivity index is 1.67. The molecule has 0 aromatic heterocycles. The first-order valence-corrected chi connectivity index (χ1v) is 11.4. The van der Waals surface area contributed by atoms with E-state index in [9.17, 15) is 22.8 Å². The minimum Gasteiger partial charge on any atom is -0.496 e. The van der Waals surface area contributed by atoms with Gasteiger partial charge in [-0.2, -0.15) is 23.4 Å². The number of hydrogen-bond acceptors (Lipinski definition) is 7. The second-order valence-corrected chi connectivity index (χ2v) is 8.10. The molecule has 36 heavy (non-hydrogen) atoms. The van der Waals surface area contributed by atoms with E-state index in [0.717, 1.165) is 18.4 Å². The summed E-state index contributed by atoms with van der Waals surface area (Å²) in [4.78, 5) is 26.3. The molecule has 12 heteroatoms. The highest BCUT2D eigenvalue weighted by molar-refractivity contribution is 5.97. The molecule has 0 radical (unpaired) electrons. The van der Waals surface area contributed by atoms with Gasteiger partial charge in [-0.25, -0.2) is 4.79 Å². The Labute approximate surface area is 206 Å². The molecule has 0 spiro atoms. The molecule has 0 bridgehead atoms. The SMILES string of the molecule is CCC/C=N/N=C/C1=CC=CC(NC(=O)c2cc3c(cc2OC)CCN(C(=O)OCC(F)(F)F)C3)N1. The molecule has 3 rings (SSSR count). The number of rotatable bonds is 8. The summed E-state index contributed by atoms with van der Waals surface area (Å²) in [5, 5.41) is 13.9. The zero-order valence-corrected chi connectivity index (χ0v) is 20.0.